The van der Waals surface area contributed by atoms with Gasteiger partial charge in [0.25, 0.3) is 5.91 Å². The Labute approximate surface area is 122 Å². The van der Waals surface area contributed by atoms with Crippen molar-refractivity contribution in [1.29, 1.82) is 0 Å². The molecule has 0 radical (unpaired) electrons. The highest BCUT2D eigenvalue weighted by Crippen LogP contribution is 2.08. The first-order valence-electron chi connectivity index (χ1n) is 6.42. The first kappa shape index (κ1) is 16.4. The van der Waals surface area contributed by atoms with Gasteiger partial charge in [0.15, 0.2) is 5.69 Å². The molecular formula is C13H19N3O3S. The van der Waals surface area contributed by atoms with Crippen molar-refractivity contribution in [2.24, 2.45) is 5.92 Å². The summed E-state index contributed by atoms with van der Waals surface area (Å²) < 4.78 is 0. The van der Waals surface area contributed by atoms with Crippen LogP contribution in [0.4, 0.5) is 0 Å². The number of aromatic carboxylic acids is 1. The molecule has 0 saturated carbocycles. The summed E-state index contributed by atoms with van der Waals surface area (Å²) in [5, 5.41) is 11.4. The fourth-order valence-electron chi connectivity index (χ4n) is 1.34. The van der Waals surface area contributed by atoms with Crippen molar-refractivity contribution < 1.29 is 14.7 Å². The van der Waals surface area contributed by atoms with Crippen LogP contribution in [0.15, 0.2) is 12.4 Å². The molecule has 0 saturated heterocycles. The zero-order valence-electron chi connectivity index (χ0n) is 11.6. The molecule has 0 unspecified atom stereocenters. The number of hydrogen-bond donors (Lipinski definition) is 2. The fourth-order valence-corrected chi connectivity index (χ4v) is 2.33. The number of thioether (sulfide) groups is 1. The van der Waals surface area contributed by atoms with Gasteiger partial charge in [0.1, 0.15) is 5.69 Å². The molecule has 2 N–H and O–H groups in total. The van der Waals surface area contributed by atoms with E-state index in [4.69, 9.17) is 5.11 Å². The Morgan fingerprint density at radius 3 is 2.50 bits per heavy atom. The van der Waals surface area contributed by atoms with E-state index < -0.39 is 5.97 Å². The SMILES string of the molecule is CC(C)CSCCCNC(=O)c1cnc(C(=O)O)cn1. The normalized spacial score (nSPS) is 10.6. The van der Waals surface area contributed by atoms with Gasteiger partial charge in [-0.1, -0.05) is 13.8 Å². The van der Waals surface area contributed by atoms with E-state index in [1.54, 1.807) is 0 Å². The third kappa shape index (κ3) is 6.01. The van der Waals surface area contributed by atoms with Crippen LogP contribution in [0.3, 0.4) is 0 Å². The lowest BCUT2D eigenvalue weighted by Gasteiger charge is -2.06. The van der Waals surface area contributed by atoms with Crippen molar-refractivity contribution in [1.82, 2.24) is 15.3 Å². The Morgan fingerprint density at radius 2 is 1.95 bits per heavy atom. The minimum atomic E-state index is -1.16. The zero-order valence-corrected chi connectivity index (χ0v) is 12.4. The quantitative estimate of drug-likeness (QED) is 0.709. The molecule has 0 aromatic carbocycles. The summed E-state index contributed by atoms with van der Waals surface area (Å²) in [7, 11) is 0. The van der Waals surface area contributed by atoms with Crippen LogP contribution in [-0.4, -0.2) is 45.0 Å². The van der Waals surface area contributed by atoms with Crippen LogP contribution in [0, 0.1) is 5.92 Å². The lowest BCUT2D eigenvalue weighted by molar-refractivity contribution is 0.0689. The van der Waals surface area contributed by atoms with Gasteiger partial charge in [0, 0.05) is 6.54 Å². The summed E-state index contributed by atoms with van der Waals surface area (Å²) in [6, 6.07) is 0. The van der Waals surface area contributed by atoms with Crippen LogP contribution < -0.4 is 5.32 Å². The van der Waals surface area contributed by atoms with Crippen LogP contribution in [0.1, 0.15) is 41.2 Å². The molecule has 6 nitrogen and oxygen atoms in total. The number of carboxylic acid groups (broad SMARTS) is 1. The number of carbonyl (C=O) groups is 2. The Bertz CT molecular complexity index is 449. The number of carbonyl (C=O) groups excluding carboxylic acids is 1. The van der Waals surface area contributed by atoms with Crippen LogP contribution in [-0.2, 0) is 0 Å². The molecule has 0 aliphatic carbocycles. The first-order valence-corrected chi connectivity index (χ1v) is 7.57. The molecule has 0 atom stereocenters. The van der Waals surface area contributed by atoms with E-state index >= 15 is 0 Å². The Hall–Kier alpha value is -1.63. The van der Waals surface area contributed by atoms with E-state index in [2.05, 4.69) is 29.1 Å². The predicted molar refractivity (Wildman–Crippen MR) is 78.1 cm³/mol. The first-order chi connectivity index (χ1) is 9.50. The molecule has 20 heavy (non-hydrogen) atoms. The second kappa shape index (κ2) is 8.52. The van der Waals surface area contributed by atoms with E-state index in [9.17, 15) is 9.59 Å². The highest BCUT2D eigenvalue weighted by Gasteiger charge is 2.10. The molecule has 0 bridgehead atoms. The summed E-state index contributed by atoms with van der Waals surface area (Å²) in [4.78, 5) is 29.7. The molecule has 110 valence electrons. The van der Waals surface area contributed by atoms with Crippen LogP contribution in [0.5, 0.6) is 0 Å². The molecule has 0 aliphatic heterocycles. The predicted octanol–water partition coefficient (Wildman–Crippen LogP) is 1.68. The van der Waals surface area contributed by atoms with Gasteiger partial charge in [-0.2, -0.15) is 11.8 Å². The van der Waals surface area contributed by atoms with E-state index in [-0.39, 0.29) is 17.3 Å². The maximum atomic E-state index is 11.7. The molecule has 0 aliphatic rings. The van der Waals surface area contributed by atoms with Crippen molar-refractivity contribution in [3.05, 3.63) is 23.8 Å². The van der Waals surface area contributed by atoms with Gasteiger partial charge < -0.3 is 10.4 Å². The number of hydrogen-bond acceptors (Lipinski definition) is 5. The van der Waals surface area contributed by atoms with Crippen LogP contribution in [0.2, 0.25) is 0 Å². The second-order valence-corrected chi connectivity index (χ2v) is 5.82. The number of aromatic nitrogens is 2. The monoisotopic (exact) mass is 297 g/mol. The van der Waals surface area contributed by atoms with Crippen LogP contribution in [0.25, 0.3) is 0 Å². The summed E-state index contributed by atoms with van der Waals surface area (Å²) >= 11 is 1.87. The van der Waals surface area contributed by atoms with Crippen molar-refractivity contribution >= 4 is 23.6 Å². The van der Waals surface area contributed by atoms with Gasteiger partial charge in [-0.15, -0.1) is 0 Å². The minimum absolute atomic E-state index is 0.129. The third-order valence-electron chi connectivity index (χ3n) is 2.31. The molecule has 7 heteroatoms. The van der Waals surface area contributed by atoms with Crippen molar-refractivity contribution in [2.75, 3.05) is 18.1 Å². The maximum Gasteiger partial charge on any atom is 0.356 e. The maximum absolute atomic E-state index is 11.7. The number of nitrogens with one attached hydrogen (secondary N) is 1. The van der Waals surface area contributed by atoms with Gasteiger partial charge in [-0.05, 0) is 23.8 Å². The average molecular weight is 297 g/mol. The highest BCUT2D eigenvalue weighted by atomic mass is 32.2. The molecule has 0 spiro atoms. The van der Waals surface area contributed by atoms with Gasteiger partial charge in [-0.25, -0.2) is 14.8 Å². The molecule has 1 rings (SSSR count). The topological polar surface area (TPSA) is 92.2 Å². The van der Waals surface area contributed by atoms with Gasteiger partial charge in [0.2, 0.25) is 0 Å². The number of nitrogens with zero attached hydrogens (tertiary/aromatic N) is 2. The minimum Gasteiger partial charge on any atom is -0.476 e. The number of amides is 1. The number of rotatable bonds is 8. The second-order valence-electron chi connectivity index (χ2n) is 4.67. The Morgan fingerprint density at radius 1 is 1.30 bits per heavy atom. The van der Waals surface area contributed by atoms with Gasteiger partial charge >= 0.3 is 5.97 Å². The van der Waals surface area contributed by atoms with Gasteiger partial charge in [-0.3, -0.25) is 4.79 Å². The average Bonchev–Trinajstić information content (AvgIpc) is 2.42. The molecule has 1 amide bonds. The van der Waals surface area contributed by atoms with E-state index in [0.29, 0.717) is 12.5 Å². The van der Waals surface area contributed by atoms with E-state index in [1.165, 1.54) is 6.20 Å². The summed E-state index contributed by atoms with van der Waals surface area (Å²) in [5.41, 5.74) is -0.0449. The lowest BCUT2D eigenvalue weighted by atomic mass is 10.3. The summed E-state index contributed by atoms with van der Waals surface area (Å²) in [6.45, 7) is 4.93. The van der Waals surface area contributed by atoms with Crippen molar-refractivity contribution in [2.45, 2.75) is 20.3 Å². The number of carboxylic acids is 1. The smallest absolute Gasteiger partial charge is 0.356 e. The van der Waals surface area contributed by atoms with Crippen molar-refractivity contribution in [3.63, 3.8) is 0 Å². The summed E-state index contributed by atoms with van der Waals surface area (Å²) in [6.07, 6.45) is 3.14. The lowest BCUT2D eigenvalue weighted by Crippen LogP contribution is -2.26. The van der Waals surface area contributed by atoms with E-state index in [0.717, 1.165) is 24.1 Å². The van der Waals surface area contributed by atoms with E-state index in [1.807, 2.05) is 11.8 Å². The molecular weight excluding hydrogens is 278 g/mol. The van der Waals surface area contributed by atoms with Crippen LogP contribution >= 0.6 is 11.8 Å². The standard InChI is InChI=1S/C13H19N3O3S/c1-9(2)8-20-5-3-4-14-12(17)10-6-16-11(7-15-10)13(18)19/h6-7,9H,3-5,8H2,1-2H3,(H,14,17)(H,18,19). The third-order valence-corrected chi connectivity index (χ3v) is 3.79. The Kier molecular flexibility index (Phi) is 7.00. The highest BCUT2D eigenvalue weighted by molar-refractivity contribution is 7.99. The fraction of sp³-hybridized carbons (Fsp3) is 0.538. The Balaban J connectivity index is 2.27. The summed E-state index contributed by atoms with van der Waals surface area (Å²) in [5.74, 6) is 1.31. The zero-order chi connectivity index (χ0) is 15.0. The largest absolute Gasteiger partial charge is 0.476 e. The molecule has 1 aromatic rings. The van der Waals surface area contributed by atoms with Gasteiger partial charge in [0.05, 0.1) is 12.4 Å². The van der Waals surface area contributed by atoms with Crippen molar-refractivity contribution in [3.8, 4) is 0 Å². The molecule has 1 heterocycles. The molecule has 1 aromatic heterocycles. The molecule has 0 fully saturated rings.